The summed E-state index contributed by atoms with van der Waals surface area (Å²) in [6, 6.07) is 9.60. The van der Waals surface area contributed by atoms with Crippen molar-refractivity contribution in [1.82, 2.24) is 4.90 Å². The third-order valence-electron chi connectivity index (χ3n) is 4.08. The Morgan fingerprint density at radius 2 is 2.00 bits per heavy atom. The zero-order chi connectivity index (χ0) is 15.1. The van der Waals surface area contributed by atoms with Gasteiger partial charge in [-0.1, -0.05) is 18.2 Å². The first-order chi connectivity index (χ1) is 10.2. The number of para-hydroxylation sites is 1. The largest absolute Gasteiger partial charge is 0.492 e. The van der Waals surface area contributed by atoms with Gasteiger partial charge < -0.3 is 20.1 Å². The molecule has 1 aliphatic rings. The number of likely N-dealkylation sites (N-methyl/N-ethyl adjacent to an activating group) is 1. The van der Waals surface area contributed by atoms with Crippen molar-refractivity contribution in [3.8, 4) is 5.75 Å². The zero-order valence-corrected chi connectivity index (χ0v) is 12.6. The Balaban J connectivity index is 1.84. The maximum atomic E-state index is 12.6. The second kappa shape index (κ2) is 7.43. The molecule has 0 spiro atoms. The summed E-state index contributed by atoms with van der Waals surface area (Å²) in [4.78, 5) is 14.4. The normalized spacial score (nSPS) is 17.2. The van der Waals surface area contributed by atoms with Gasteiger partial charge in [0.15, 0.2) is 0 Å². The fraction of sp³-hybridized carbons (Fsp3) is 0.562. The maximum Gasteiger partial charge on any atom is 0.230 e. The first-order valence-corrected chi connectivity index (χ1v) is 7.39. The minimum absolute atomic E-state index is 0.102. The van der Waals surface area contributed by atoms with Gasteiger partial charge in [0.1, 0.15) is 12.4 Å². The minimum atomic E-state index is -0.459. The van der Waals surface area contributed by atoms with Gasteiger partial charge >= 0.3 is 0 Å². The number of benzene rings is 1. The van der Waals surface area contributed by atoms with Crippen LogP contribution < -0.4 is 10.5 Å². The molecule has 0 aliphatic carbocycles. The minimum Gasteiger partial charge on any atom is -0.492 e. The van der Waals surface area contributed by atoms with Crippen molar-refractivity contribution >= 4 is 5.91 Å². The molecule has 2 N–H and O–H groups in total. The number of nitrogens with zero attached hydrogens (tertiary/aromatic N) is 1. The molecule has 21 heavy (non-hydrogen) atoms. The van der Waals surface area contributed by atoms with Crippen LogP contribution in [0.5, 0.6) is 5.75 Å². The second-order valence-electron chi connectivity index (χ2n) is 5.49. The summed E-state index contributed by atoms with van der Waals surface area (Å²) in [6.07, 6.45) is 1.40. The van der Waals surface area contributed by atoms with E-state index in [0.29, 0.717) is 45.8 Å². The number of carbonyl (C=O) groups is 1. The number of amides is 1. The van der Waals surface area contributed by atoms with Crippen molar-refractivity contribution in [2.45, 2.75) is 12.8 Å². The Hall–Kier alpha value is -1.59. The van der Waals surface area contributed by atoms with Crippen molar-refractivity contribution in [2.24, 2.45) is 11.1 Å². The van der Waals surface area contributed by atoms with Crippen molar-refractivity contribution in [2.75, 3.05) is 40.0 Å². The zero-order valence-electron chi connectivity index (χ0n) is 12.6. The molecule has 116 valence electrons. The van der Waals surface area contributed by atoms with Crippen LogP contribution in [0.2, 0.25) is 0 Å². The van der Waals surface area contributed by atoms with Gasteiger partial charge in [-0.2, -0.15) is 0 Å². The van der Waals surface area contributed by atoms with Gasteiger partial charge in [0.05, 0.1) is 12.0 Å². The molecule has 0 atom stereocenters. The number of nitrogens with two attached hydrogens (primary N) is 1. The van der Waals surface area contributed by atoms with Gasteiger partial charge in [-0.05, 0) is 25.0 Å². The number of hydrogen-bond acceptors (Lipinski definition) is 4. The van der Waals surface area contributed by atoms with Crippen LogP contribution in [0.4, 0.5) is 0 Å². The van der Waals surface area contributed by atoms with Crippen LogP contribution >= 0.6 is 0 Å². The molecule has 1 amide bonds. The summed E-state index contributed by atoms with van der Waals surface area (Å²) < 4.78 is 11.0. The average molecular weight is 292 g/mol. The second-order valence-corrected chi connectivity index (χ2v) is 5.49. The number of carbonyl (C=O) groups excluding carboxylic acids is 1. The van der Waals surface area contributed by atoms with E-state index in [-0.39, 0.29) is 5.91 Å². The summed E-state index contributed by atoms with van der Waals surface area (Å²) in [5.41, 5.74) is 5.40. The molecular weight excluding hydrogens is 268 g/mol. The Morgan fingerprint density at radius 3 is 2.62 bits per heavy atom. The van der Waals surface area contributed by atoms with E-state index in [4.69, 9.17) is 15.2 Å². The maximum absolute atomic E-state index is 12.6. The number of rotatable bonds is 6. The van der Waals surface area contributed by atoms with Crippen LogP contribution in [0.1, 0.15) is 12.8 Å². The molecule has 1 heterocycles. The highest BCUT2D eigenvalue weighted by molar-refractivity contribution is 5.83. The Labute approximate surface area is 126 Å². The van der Waals surface area contributed by atoms with Crippen molar-refractivity contribution < 1.29 is 14.3 Å². The van der Waals surface area contributed by atoms with Crippen LogP contribution in [0.15, 0.2) is 30.3 Å². The average Bonchev–Trinajstić information content (AvgIpc) is 2.55. The lowest BCUT2D eigenvalue weighted by Crippen LogP contribution is -2.50. The highest BCUT2D eigenvalue weighted by atomic mass is 16.5. The molecule has 1 saturated heterocycles. The van der Waals surface area contributed by atoms with E-state index in [1.807, 2.05) is 37.4 Å². The summed E-state index contributed by atoms with van der Waals surface area (Å²) in [5, 5.41) is 0. The molecule has 0 saturated carbocycles. The van der Waals surface area contributed by atoms with Crippen LogP contribution in [-0.4, -0.2) is 50.8 Å². The van der Waals surface area contributed by atoms with Crippen molar-refractivity contribution in [1.29, 1.82) is 0 Å². The molecule has 0 unspecified atom stereocenters. The Morgan fingerprint density at radius 1 is 1.33 bits per heavy atom. The number of ether oxygens (including phenoxy) is 2. The van der Waals surface area contributed by atoms with E-state index in [0.717, 1.165) is 5.75 Å². The van der Waals surface area contributed by atoms with Gasteiger partial charge in [-0.3, -0.25) is 4.79 Å². The van der Waals surface area contributed by atoms with Crippen LogP contribution in [0, 0.1) is 5.41 Å². The van der Waals surface area contributed by atoms with Crippen LogP contribution in [-0.2, 0) is 9.53 Å². The highest BCUT2D eigenvalue weighted by Crippen LogP contribution is 2.31. The first kappa shape index (κ1) is 15.8. The van der Waals surface area contributed by atoms with Gasteiger partial charge in [-0.25, -0.2) is 0 Å². The third kappa shape index (κ3) is 3.95. The smallest absolute Gasteiger partial charge is 0.230 e. The fourth-order valence-electron chi connectivity index (χ4n) is 2.59. The number of hydrogen-bond donors (Lipinski definition) is 1. The topological polar surface area (TPSA) is 64.8 Å². The first-order valence-electron chi connectivity index (χ1n) is 7.39. The molecule has 1 fully saturated rings. The van der Waals surface area contributed by atoms with E-state index in [9.17, 15) is 4.79 Å². The SMILES string of the molecule is CN(CCOc1ccccc1)C(=O)C1(CN)CCOCC1. The summed E-state index contributed by atoms with van der Waals surface area (Å²) >= 11 is 0. The van der Waals surface area contributed by atoms with Gasteiger partial charge in [0.2, 0.25) is 5.91 Å². The van der Waals surface area contributed by atoms with E-state index in [1.165, 1.54) is 0 Å². The highest BCUT2D eigenvalue weighted by Gasteiger charge is 2.40. The lowest BCUT2D eigenvalue weighted by molar-refractivity contribution is -0.146. The van der Waals surface area contributed by atoms with E-state index in [1.54, 1.807) is 4.90 Å². The third-order valence-corrected chi connectivity index (χ3v) is 4.08. The van der Waals surface area contributed by atoms with Crippen LogP contribution in [0.3, 0.4) is 0 Å². The predicted octanol–water partition coefficient (Wildman–Crippen LogP) is 1.28. The lowest BCUT2D eigenvalue weighted by atomic mass is 9.79. The molecule has 1 aliphatic heterocycles. The van der Waals surface area contributed by atoms with E-state index >= 15 is 0 Å². The molecule has 5 nitrogen and oxygen atoms in total. The lowest BCUT2D eigenvalue weighted by Gasteiger charge is -2.37. The molecule has 0 radical (unpaired) electrons. The molecule has 1 aromatic rings. The van der Waals surface area contributed by atoms with Gasteiger partial charge in [-0.15, -0.1) is 0 Å². The van der Waals surface area contributed by atoms with E-state index < -0.39 is 5.41 Å². The summed E-state index contributed by atoms with van der Waals surface area (Å²) in [7, 11) is 1.81. The standard InChI is InChI=1S/C16H24N2O3/c1-18(9-12-21-14-5-3-2-4-6-14)15(19)16(13-17)7-10-20-11-8-16/h2-6H,7-13,17H2,1H3. The quantitative estimate of drug-likeness (QED) is 0.858. The summed E-state index contributed by atoms with van der Waals surface area (Å²) in [6.45, 7) is 2.62. The van der Waals surface area contributed by atoms with Crippen LogP contribution in [0.25, 0.3) is 0 Å². The molecule has 1 aromatic carbocycles. The monoisotopic (exact) mass is 292 g/mol. The Kier molecular flexibility index (Phi) is 5.59. The molecule has 0 aromatic heterocycles. The van der Waals surface area contributed by atoms with E-state index in [2.05, 4.69) is 0 Å². The van der Waals surface area contributed by atoms with Gasteiger partial charge in [0.25, 0.3) is 0 Å². The fourth-order valence-corrected chi connectivity index (χ4v) is 2.59. The molecule has 0 bridgehead atoms. The summed E-state index contributed by atoms with van der Waals surface area (Å²) in [5.74, 6) is 0.919. The van der Waals surface area contributed by atoms with Gasteiger partial charge in [0, 0.05) is 26.8 Å². The molecule has 5 heteroatoms. The molecular formula is C16H24N2O3. The molecule has 2 rings (SSSR count). The van der Waals surface area contributed by atoms with Crippen molar-refractivity contribution in [3.05, 3.63) is 30.3 Å². The predicted molar refractivity (Wildman–Crippen MR) is 81.1 cm³/mol. The van der Waals surface area contributed by atoms with Crippen molar-refractivity contribution in [3.63, 3.8) is 0 Å². The Bertz CT molecular complexity index is 444.